The van der Waals surface area contributed by atoms with Gasteiger partial charge in [-0.25, -0.2) is 4.98 Å². The second-order valence-electron chi connectivity index (χ2n) is 5.80. The molecule has 0 spiro atoms. The van der Waals surface area contributed by atoms with Crippen molar-refractivity contribution in [3.05, 3.63) is 46.6 Å². The third-order valence-electron chi connectivity index (χ3n) is 3.84. The highest BCUT2D eigenvalue weighted by molar-refractivity contribution is 5.89. The zero-order valence-electron chi connectivity index (χ0n) is 13.5. The van der Waals surface area contributed by atoms with Gasteiger partial charge in [-0.3, -0.25) is 0 Å². The van der Waals surface area contributed by atoms with Crippen molar-refractivity contribution in [1.82, 2.24) is 15.0 Å². The van der Waals surface area contributed by atoms with E-state index in [-0.39, 0.29) is 5.95 Å². The normalized spacial score (nSPS) is 10.9. The lowest BCUT2D eigenvalue weighted by Crippen LogP contribution is -2.07. The van der Waals surface area contributed by atoms with Gasteiger partial charge in [-0.05, 0) is 55.2 Å². The van der Waals surface area contributed by atoms with Gasteiger partial charge < -0.3 is 16.8 Å². The largest absolute Gasteiger partial charge is 0.383 e. The number of aromatic nitrogens is 3. The second kappa shape index (κ2) is 5.72. The average Bonchev–Trinajstić information content (AvgIpc) is 2.44. The predicted octanol–water partition coefficient (Wildman–Crippen LogP) is 2.73. The van der Waals surface area contributed by atoms with Gasteiger partial charge in [0.1, 0.15) is 5.82 Å². The molecule has 5 N–H and O–H groups in total. The standard InChI is InChI=1S/C17H20N6/c1-9-4-10(2)6-13(5-9)20-7-12-8-21-16-14(11(12)3)15(18)22-17(19)23-16/h4-6,8,20H,7H2,1-3H3,(H4,18,19,21,22,23). The maximum Gasteiger partial charge on any atom is 0.224 e. The van der Waals surface area contributed by atoms with E-state index in [1.54, 1.807) is 6.20 Å². The molecular formula is C17H20N6. The minimum atomic E-state index is 0.142. The smallest absolute Gasteiger partial charge is 0.224 e. The fourth-order valence-corrected chi connectivity index (χ4v) is 2.79. The molecule has 6 nitrogen and oxygen atoms in total. The summed E-state index contributed by atoms with van der Waals surface area (Å²) in [7, 11) is 0. The number of rotatable bonds is 3. The quantitative estimate of drug-likeness (QED) is 0.687. The van der Waals surface area contributed by atoms with Crippen LogP contribution in [0.2, 0.25) is 0 Å². The predicted molar refractivity (Wildman–Crippen MR) is 94.1 cm³/mol. The number of aryl methyl sites for hydroxylation is 3. The molecule has 0 saturated carbocycles. The lowest BCUT2D eigenvalue weighted by Gasteiger charge is -2.12. The minimum Gasteiger partial charge on any atom is -0.383 e. The van der Waals surface area contributed by atoms with Crippen LogP contribution in [-0.2, 0) is 6.54 Å². The molecule has 2 aromatic heterocycles. The van der Waals surface area contributed by atoms with Gasteiger partial charge in [-0.15, -0.1) is 0 Å². The summed E-state index contributed by atoms with van der Waals surface area (Å²) in [4.78, 5) is 12.5. The first-order valence-corrected chi connectivity index (χ1v) is 7.43. The van der Waals surface area contributed by atoms with E-state index in [4.69, 9.17) is 11.5 Å². The molecule has 0 aliphatic carbocycles. The highest BCUT2D eigenvalue weighted by Gasteiger charge is 2.11. The molecular weight excluding hydrogens is 288 g/mol. The van der Waals surface area contributed by atoms with Crippen LogP contribution in [0, 0.1) is 20.8 Å². The van der Waals surface area contributed by atoms with Crippen molar-refractivity contribution in [3.8, 4) is 0 Å². The molecule has 0 bridgehead atoms. The van der Waals surface area contributed by atoms with E-state index in [9.17, 15) is 0 Å². The molecule has 0 atom stereocenters. The number of hydrogen-bond acceptors (Lipinski definition) is 6. The van der Waals surface area contributed by atoms with Gasteiger partial charge in [0, 0.05) is 18.4 Å². The molecule has 0 aliphatic rings. The Hall–Kier alpha value is -2.89. The summed E-state index contributed by atoms with van der Waals surface area (Å²) in [6.45, 7) is 6.83. The number of benzene rings is 1. The van der Waals surface area contributed by atoms with Gasteiger partial charge in [0.2, 0.25) is 5.95 Å². The minimum absolute atomic E-state index is 0.142. The highest BCUT2D eigenvalue weighted by Crippen LogP contribution is 2.24. The first-order chi connectivity index (χ1) is 10.9. The Morgan fingerprint density at radius 3 is 2.39 bits per heavy atom. The lowest BCUT2D eigenvalue weighted by atomic mass is 10.1. The third-order valence-corrected chi connectivity index (χ3v) is 3.84. The maximum absolute atomic E-state index is 5.98. The molecule has 118 valence electrons. The Balaban J connectivity index is 1.93. The average molecular weight is 308 g/mol. The molecule has 6 heteroatoms. The van der Waals surface area contributed by atoms with E-state index >= 15 is 0 Å². The van der Waals surface area contributed by atoms with Gasteiger partial charge in [-0.2, -0.15) is 9.97 Å². The van der Waals surface area contributed by atoms with Gasteiger partial charge in [-0.1, -0.05) is 6.07 Å². The maximum atomic E-state index is 5.98. The number of nitrogen functional groups attached to an aromatic ring is 2. The number of fused-ring (bicyclic) bond motifs is 1. The van der Waals surface area contributed by atoms with Crippen LogP contribution in [0.25, 0.3) is 11.0 Å². The van der Waals surface area contributed by atoms with E-state index in [2.05, 4.69) is 52.3 Å². The first kappa shape index (κ1) is 15.0. The van der Waals surface area contributed by atoms with Crippen LogP contribution in [0.5, 0.6) is 0 Å². The lowest BCUT2D eigenvalue weighted by molar-refractivity contribution is 1.08. The molecule has 3 rings (SSSR count). The number of nitrogens with one attached hydrogen (secondary N) is 1. The van der Waals surface area contributed by atoms with Crippen LogP contribution < -0.4 is 16.8 Å². The van der Waals surface area contributed by atoms with Crippen molar-refractivity contribution in [3.63, 3.8) is 0 Å². The van der Waals surface area contributed by atoms with Crippen LogP contribution in [0.3, 0.4) is 0 Å². The van der Waals surface area contributed by atoms with Crippen molar-refractivity contribution >= 4 is 28.5 Å². The summed E-state index contributed by atoms with van der Waals surface area (Å²) in [6, 6.07) is 6.39. The van der Waals surface area contributed by atoms with E-state index < -0.39 is 0 Å². The Morgan fingerprint density at radius 2 is 1.70 bits per heavy atom. The van der Waals surface area contributed by atoms with E-state index in [1.165, 1.54) is 11.1 Å². The van der Waals surface area contributed by atoms with E-state index in [0.717, 1.165) is 22.2 Å². The molecule has 0 unspecified atom stereocenters. The SMILES string of the molecule is Cc1cc(C)cc(NCc2cnc3nc(N)nc(N)c3c2C)c1. The zero-order valence-corrected chi connectivity index (χ0v) is 13.5. The summed E-state index contributed by atoms with van der Waals surface area (Å²) >= 11 is 0. The molecule has 0 saturated heterocycles. The molecule has 23 heavy (non-hydrogen) atoms. The monoisotopic (exact) mass is 308 g/mol. The van der Waals surface area contributed by atoms with Gasteiger partial charge in [0.15, 0.2) is 5.65 Å². The first-order valence-electron chi connectivity index (χ1n) is 7.43. The van der Waals surface area contributed by atoms with Gasteiger partial charge in [0.25, 0.3) is 0 Å². The summed E-state index contributed by atoms with van der Waals surface area (Å²) in [5, 5.41) is 4.20. The number of nitrogens with zero attached hydrogens (tertiary/aromatic N) is 3. The number of hydrogen-bond donors (Lipinski definition) is 3. The van der Waals surface area contributed by atoms with Crippen molar-refractivity contribution in [1.29, 1.82) is 0 Å². The topological polar surface area (TPSA) is 103 Å². The third kappa shape index (κ3) is 3.01. The van der Waals surface area contributed by atoms with Crippen LogP contribution >= 0.6 is 0 Å². The van der Waals surface area contributed by atoms with Crippen molar-refractivity contribution in [2.24, 2.45) is 0 Å². The molecule has 1 aromatic carbocycles. The number of pyridine rings is 1. The van der Waals surface area contributed by atoms with Crippen LogP contribution in [0.1, 0.15) is 22.3 Å². The Kier molecular flexibility index (Phi) is 3.73. The molecule has 2 heterocycles. The second-order valence-corrected chi connectivity index (χ2v) is 5.80. The molecule has 0 amide bonds. The van der Waals surface area contributed by atoms with Crippen molar-refractivity contribution < 1.29 is 0 Å². The zero-order chi connectivity index (χ0) is 16.6. The van der Waals surface area contributed by atoms with Gasteiger partial charge in [0.05, 0.1) is 5.39 Å². The summed E-state index contributed by atoms with van der Waals surface area (Å²) in [6.07, 6.45) is 1.80. The van der Waals surface area contributed by atoms with E-state index in [1.807, 2.05) is 6.92 Å². The molecule has 0 fully saturated rings. The van der Waals surface area contributed by atoms with Crippen LogP contribution in [0.15, 0.2) is 24.4 Å². The fraction of sp³-hybridized carbons (Fsp3) is 0.235. The Morgan fingerprint density at radius 1 is 1.00 bits per heavy atom. The summed E-state index contributed by atoms with van der Waals surface area (Å²) in [5.41, 5.74) is 17.8. The van der Waals surface area contributed by atoms with Crippen molar-refractivity contribution in [2.45, 2.75) is 27.3 Å². The fourth-order valence-electron chi connectivity index (χ4n) is 2.79. The van der Waals surface area contributed by atoms with Crippen LogP contribution in [0.4, 0.5) is 17.5 Å². The number of nitrogens with two attached hydrogens (primary N) is 2. The Labute approximate surface area is 135 Å². The van der Waals surface area contributed by atoms with E-state index in [0.29, 0.717) is 18.0 Å². The molecule has 0 aliphatic heterocycles. The molecule has 0 radical (unpaired) electrons. The molecule has 3 aromatic rings. The highest BCUT2D eigenvalue weighted by atomic mass is 15.1. The Bertz CT molecular complexity index is 868. The summed E-state index contributed by atoms with van der Waals surface area (Å²) < 4.78 is 0. The van der Waals surface area contributed by atoms with Crippen molar-refractivity contribution in [2.75, 3.05) is 16.8 Å². The number of anilines is 3. The summed E-state index contributed by atoms with van der Waals surface area (Å²) in [5.74, 6) is 0.508. The van der Waals surface area contributed by atoms with Gasteiger partial charge >= 0.3 is 0 Å². The van der Waals surface area contributed by atoms with Crippen LogP contribution in [-0.4, -0.2) is 15.0 Å².